The highest BCUT2D eigenvalue weighted by Gasteiger charge is 2.15. The summed E-state index contributed by atoms with van der Waals surface area (Å²) < 4.78 is 0. The maximum Gasteiger partial charge on any atom is 0.258 e. The fourth-order valence-corrected chi connectivity index (χ4v) is 2.73. The molecule has 0 fully saturated rings. The molecule has 19 heavy (non-hydrogen) atoms. The van der Waals surface area contributed by atoms with E-state index in [1.54, 1.807) is 16.7 Å². The molecule has 2 nitrogen and oxygen atoms in total. The van der Waals surface area contributed by atoms with Gasteiger partial charge in [-0.1, -0.05) is 37.3 Å². The highest BCUT2D eigenvalue weighted by Crippen LogP contribution is 2.29. The zero-order valence-corrected chi connectivity index (χ0v) is 12.0. The number of hydrogen-bond donors (Lipinski definition) is 0. The van der Waals surface area contributed by atoms with Crippen LogP contribution in [0.15, 0.2) is 59.5 Å². The predicted octanol–water partition coefficient (Wildman–Crippen LogP) is 4.08. The number of carbonyl (C=O) groups excluding carboxylic acids is 1. The lowest BCUT2D eigenvalue weighted by Crippen LogP contribution is -2.26. The standard InChI is InChI=1S/C16H17NOS/c1-3-19-15-12-8-7-11-14(15)17(2)16(18)13-9-5-4-6-10-13/h4-12H,3H2,1-2H3. The van der Waals surface area contributed by atoms with E-state index < -0.39 is 0 Å². The van der Waals surface area contributed by atoms with E-state index in [4.69, 9.17) is 0 Å². The van der Waals surface area contributed by atoms with Crippen molar-refractivity contribution in [2.75, 3.05) is 17.7 Å². The predicted molar refractivity (Wildman–Crippen MR) is 82.0 cm³/mol. The van der Waals surface area contributed by atoms with Gasteiger partial charge in [-0.15, -0.1) is 11.8 Å². The maximum absolute atomic E-state index is 12.4. The Labute approximate surface area is 118 Å². The van der Waals surface area contributed by atoms with Crippen molar-refractivity contribution in [3.8, 4) is 0 Å². The molecule has 0 N–H and O–H groups in total. The number of amides is 1. The van der Waals surface area contributed by atoms with Crippen molar-refractivity contribution in [2.24, 2.45) is 0 Å². The Hall–Kier alpha value is -1.74. The molecular formula is C16H17NOS. The Balaban J connectivity index is 2.29. The molecule has 0 heterocycles. The molecule has 0 aliphatic carbocycles. The van der Waals surface area contributed by atoms with E-state index in [2.05, 4.69) is 13.0 Å². The molecule has 0 spiro atoms. The van der Waals surface area contributed by atoms with Crippen LogP contribution in [-0.2, 0) is 0 Å². The first kappa shape index (κ1) is 13.7. The van der Waals surface area contributed by atoms with Crippen LogP contribution < -0.4 is 4.90 Å². The van der Waals surface area contributed by atoms with Gasteiger partial charge in [0.2, 0.25) is 0 Å². The number of thioether (sulfide) groups is 1. The third kappa shape index (κ3) is 3.18. The number of para-hydroxylation sites is 1. The Kier molecular flexibility index (Phi) is 4.63. The van der Waals surface area contributed by atoms with Crippen LogP contribution in [0.5, 0.6) is 0 Å². The monoisotopic (exact) mass is 271 g/mol. The SMILES string of the molecule is CCSc1ccccc1N(C)C(=O)c1ccccc1. The minimum Gasteiger partial charge on any atom is -0.310 e. The maximum atomic E-state index is 12.4. The van der Waals surface area contributed by atoms with Crippen LogP contribution in [-0.4, -0.2) is 18.7 Å². The summed E-state index contributed by atoms with van der Waals surface area (Å²) in [7, 11) is 1.82. The molecule has 0 atom stereocenters. The summed E-state index contributed by atoms with van der Waals surface area (Å²) in [6.07, 6.45) is 0. The van der Waals surface area contributed by atoms with Crippen LogP contribution in [0.25, 0.3) is 0 Å². The molecular weight excluding hydrogens is 254 g/mol. The van der Waals surface area contributed by atoms with Gasteiger partial charge in [0.25, 0.3) is 5.91 Å². The molecule has 2 aromatic carbocycles. The van der Waals surface area contributed by atoms with Crippen molar-refractivity contribution >= 4 is 23.4 Å². The lowest BCUT2D eigenvalue weighted by molar-refractivity contribution is 0.0992. The van der Waals surface area contributed by atoms with Crippen LogP contribution >= 0.6 is 11.8 Å². The molecule has 0 radical (unpaired) electrons. The summed E-state index contributed by atoms with van der Waals surface area (Å²) in [4.78, 5) is 15.3. The Morgan fingerprint density at radius 2 is 1.68 bits per heavy atom. The molecule has 0 unspecified atom stereocenters. The Morgan fingerprint density at radius 1 is 1.05 bits per heavy atom. The van der Waals surface area contributed by atoms with Gasteiger partial charge in [-0.05, 0) is 30.0 Å². The van der Waals surface area contributed by atoms with E-state index >= 15 is 0 Å². The first-order chi connectivity index (χ1) is 9.24. The average molecular weight is 271 g/mol. The lowest BCUT2D eigenvalue weighted by Gasteiger charge is -2.20. The second-order valence-corrected chi connectivity index (χ2v) is 5.44. The van der Waals surface area contributed by atoms with Crippen LogP contribution in [0.3, 0.4) is 0 Å². The molecule has 98 valence electrons. The van der Waals surface area contributed by atoms with Crippen molar-refractivity contribution in [3.05, 3.63) is 60.2 Å². The van der Waals surface area contributed by atoms with Gasteiger partial charge in [-0.2, -0.15) is 0 Å². The van der Waals surface area contributed by atoms with Gasteiger partial charge in [0.05, 0.1) is 5.69 Å². The van der Waals surface area contributed by atoms with E-state index in [0.29, 0.717) is 5.56 Å². The van der Waals surface area contributed by atoms with Crippen LogP contribution in [0.4, 0.5) is 5.69 Å². The van der Waals surface area contributed by atoms with Gasteiger partial charge in [-0.25, -0.2) is 0 Å². The van der Waals surface area contributed by atoms with Crippen molar-refractivity contribution < 1.29 is 4.79 Å². The number of rotatable bonds is 4. The number of nitrogens with zero attached hydrogens (tertiary/aromatic N) is 1. The molecule has 0 bridgehead atoms. The molecule has 0 aromatic heterocycles. The van der Waals surface area contributed by atoms with Crippen molar-refractivity contribution in [3.63, 3.8) is 0 Å². The zero-order valence-electron chi connectivity index (χ0n) is 11.2. The van der Waals surface area contributed by atoms with Gasteiger partial charge in [-0.3, -0.25) is 4.79 Å². The molecule has 3 heteroatoms. The topological polar surface area (TPSA) is 20.3 Å². The molecule has 1 amide bonds. The smallest absolute Gasteiger partial charge is 0.258 e. The highest BCUT2D eigenvalue weighted by molar-refractivity contribution is 7.99. The van der Waals surface area contributed by atoms with E-state index in [1.165, 1.54) is 0 Å². The van der Waals surface area contributed by atoms with Gasteiger partial charge < -0.3 is 4.90 Å². The third-order valence-corrected chi connectivity index (χ3v) is 3.80. The van der Waals surface area contributed by atoms with Crippen molar-refractivity contribution in [2.45, 2.75) is 11.8 Å². The number of carbonyl (C=O) groups is 1. The molecule has 0 aliphatic heterocycles. The number of anilines is 1. The number of hydrogen-bond acceptors (Lipinski definition) is 2. The Morgan fingerprint density at radius 3 is 2.37 bits per heavy atom. The quantitative estimate of drug-likeness (QED) is 0.781. The molecule has 2 aromatic rings. The van der Waals surface area contributed by atoms with E-state index in [0.717, 1.165) is 16.3 Å². The molecule has 0 saturated carbocycles. The van der Waals surface area contributed by atoms with E-state index in [9.17, 15) is 4.79 Å². The van der Waals surface area contributed by atoms with Crippen LogP contribution in [0, 0.1) is 0 Å². The normalized spacial score (nSPS) is 10.2. The Bertz CT molecular complexity index is 554. The van der Waals surface area contributed by atoms with E-state index in [1.807, 2.05) is 55.6 Å². The fraction of sp³-hybridized carbons (Fsp3) is 0.188. The zero-order chi connectivity index (χ0) is 13.7. The second-order valence-electron chi connectivity index (χ2n) is 4.13. The van der Waals surface area contributed by atoms with Crippen molar-refractivity contribution in [1.82, 2.24) is 0 Å². The second kappa shape index (κ2) is 6.43. The summed E-state index contributed by atoms with van der Waals surface area (Å²) in [5.74, 6) is 1.01. The first-order valence-corrected chi connectivity index (χ1v) is 7.27. The first-order valence-electron chi connectivity index (χ1n) is 6.29. The summed E-state index contributed by atoms with van der Waals surface area (Å²) in [5.41, 5.74) is 1.67. The molecule has 0 aliphatic rings. The summed E-state index contributed by atoms with van der Waals surface area (Å²) in [6.45, 7) is 2.11. The third-order valence-electron chi connectivity index (χ3n) is 2.85. The fourth-order valence-electron chi connectivity index (χ4n) is 1.90. The highest BCUT2D eigenvalue weighted by atomic mass is 32.2. The van der Waals surface area contributed by atoms with Gasteiger partial charge in [0, 0.05) is 17.5 Å². The molecule has 0 saturated heterocycles. The largest absolute Gasteiger partial charge is 0.310 e. The van der Waals surface area contributed by atoms with Gasteiger partial charge in [0.1, 0.15) is 0 Å². The number of benzene rings is 2. The summed E-state index contributed by atoms with van der Waals surface area (Å²) in [5, 5.41) is 0. The van der Waals surface area contributed by atoms with E-state index in [-0.39, 0.29) is 5.91 Å². The minimum atomic E-state index is 0.0183. The van der Waals surface area contributed by atoms with Gasteiger partial charge in [0.15, 0.2) is 0 Å². The van der Waals surface area contributed by atoms with Crippen LogP contribution in [0.1, 0.15) is 17.3 Å². The summed E-state index contributed by atoms with van der Waals surface area (Å²) >= 11 is 1.75. The van der Waals surface area contributed by atoms with Gasteiger partial charge >= 0.3 is 0 Å². The van der Waals surface area contributed by atoms with Crippen molar-refractivity contribution in [1.29, 1.82) is 0 Å². The average Bonchev–Trinajstić information content (AvgIpc) is 2.47. The summed E-state index contributed by atoms with van der Waals surface area (Å²) in [6, 6.07) is 17.4. The molecule has 2 rings (SSSR count). The van der Waals surface area contributed by atoms with Crippen LogP contribution in [0.2, 0.25) is 0 Å². The lowest BCUT2D eigenvalue weighted by atomic mass is 10.2. The minimum absolute atomic E-state index is 0.0183.